The number of nitro benzene ring substituents is 2. The van der Waals surface area contributed by atoms with Crippen molar-refractivity contribution in [2.75, 3.05) is 12.4 Å². The number of non-ortho nitro benzene ring substituents is 1. The number of amides is 1. The van der Waals surface area contributed by atoms with Crippen molar-refractivity contribution in [3.8, 4) is 6.07 Å². The molecule has 1 aromatic carbocycles. The Morgan fingerprint density at radius 2 is 1.93 bits per heavy atom. The van der Waals surface area contributed by atoms with Crippen molar-refractivity contribution >= 4 is 39.6 Å². The summed E-state index contributed by atoms with van der Waals surface area (Å²) in [6.45, 7) is 1.49. The van der Waals surface area contributed by atoms with E-state index in [-0.39, 0.29) is 15.4 Å². The molecule has 0 spiro atoms. The van der Waals surface area contributed by atoms with Crippen LogP contribution >= 0.6 is 11.3 Å². The van der Waals surface area contributed by atoms with Crippen LogP contribution in [0.2, 0.25) is 0 Å². The zero-order chi connectivity index (χ0) is 20.3. The second-order valence-electron chi connectivity index (χ2n) is 5.03. The molecule has 11 nitrogen and oxygen atoms in total. The number of anilines is 1. The minimum atomic E-state index is -0.953. The summed E-state index contributed by atoms with van der Waals surface area (Å²) in [5.41, 5.74) is -1.43. The van der Waals surface area contributed by atoms with Crippen molar-refractivity contribution in [1.82, 2.24) is 0 Å². The maximum atomic E-state index is 12.4. The molecular weight excluding hydrogens is 380 g/mol. The first-order valence-corrected chi connectivity index (χ1v) is 7.88. The van der Waals surface area contributed by atoms with Gasteiger partial charge in [-0.15, -0.1) is 11.3 Å². The van der Waals surface area contributed by atoms with Gasteiger partial charge in [0.05, 0.1) is 28.6 Å². The van der Waals surface area contributed by atoms with E-state index in [1.165, 1.54) is 6.92 Å². The van der Waals surface area contributed by atoms with Gasteiger partial charge in [-0.1, -0.05) is 0 Å². The zero-order valence-electron chi connectivity index (χ0n) is 13.8. The average molecular weight is 390 g/mol. The van der Waals surface area contributed by atoms with E-state index in [9.17, 15) is 35.1 Å². The van der Waals surface area contributed by atoms with Crippen LogP contribution in [0.4, 0.5) is 16.4 Å². The molecule has 0 atom stereocenters. The highest BCUT2D eigenvalue weighted by Crippen LogP contribution is 2.34. The Morgan fingerprint density at radius 1 is 1.26 bits per heavy atom. The third-order valence-electron chi connectivity index (χ3n) is 3.49. The molecule has 0 fully saturated rings. The molecule has 2 aromatic rings. The van der Waals surface area contributed by atoms with Crippen molar-refractivity contribution in [2.45, 2.75) is 6.92 Å². The molecule has 0 unspecified atom stereocenters. The van der Waals surface area contributed by atoms with Crippen LogP contribution < -0.4 is 5.32 Å². The summed E-state index contributed by atoms with van der Waals surface area (Å²) >= 11 is 0.782. The summed E-state index contributed by atoms with van der Waals surface area (Å²) in [6.07, 6.45) is 0. The van der Waals surface area contributed by atoms with Crippen LogP contribution in [-0.4, -0.2) is 28.8 Å². The van der Waals surface area contributed by atoms with Gasteiger partial charge in [0.15, 0.2) is 0 Å². The number of benzene rings is 1. The van der Waals surface area contributed by atoms with Gasteiger partial charge in [-0.3, -0.25) is 25.0 Å². The van der Waals surface area contributed by atoms with Crippen molar-refractivity contribution in [1.29, 1.82) is 5.26 Å². The van der Waals surface area contributed by atoms with Crippen LogP contribution in [0.15, 0.2) is 18.2 Å². The number of thiophene rings is 1. The molecule has 0 saturated carbocycles. The van der Waals surface area contributed by atoms with Gasteiger partial charge in [-0.25, -0.2) is 4.79 Å². The Labute approximate surface area is 155 Å². The minimum Gasteiger partial charge on any atom is -0.465 e. The fourth-order valence-electron chi connectivity index (χ4n) is 2.17. The number of nitrogens with one attached hydrogen (secondary N) is 1. The molecule has 0 bridgehead atoms. The first kappa shape index (κ1) is 19.5. The number of nitriles is 1. The monoisotopic (exact) mass is 390 g/mol. The number of carbonyl (C=O) groups is 2. The van der Waals surface area contributed by atoms with Crippen LogP contribution in [-0.2, 0) is 4.74 Å². The predicted octanol–water partition coefficient (Wildman–Crippen LogP) is 2.78. The maximum absolute atomic E-state index is 12.4. The number of nitrogens with zero attached hydrogens (tertiary/aromatic N) is 3. The lowest BCUT2D eigenvalue weighted by molar-refractivity contribution is -0.394. The third-order valence-corrected chi connectivity index (χ3v) is 4.68. The summed E-state index contributed by atoms with van der Waals surface area (Å²) in [4.78, 5) is 44.4. The van der Waals surface area contributed by atoms with Gasteiger partial charge in [0, 0.05) is 6.07 Å². The number of carbonyl (C=O) groups excluding carboxylic acids is 2. The number of hydrogen-bond donors (Lipinski definition) is 1. The highest BCUT2D eigenvalue weighted by Gasteiger charge is 2.27. The normalized spacial score (nSPS) is 9.96. The lowest BCUT2D eigenvalue weighted by Gasteiger charge is -2.04. The number of esters is 1. The topological polar surface area (TPSA) is 165 Å². The minimum absolute atomic E-state index is 0.00745. The van der Waals surface area contributed by atoms with Crippen molar-refractivity contribution in [2.24, 2.45) is 0 Å². The SMILES string of the molecule is COC(=O)c1sc(NC(=O)c2ccc([N+](=O)[O-])cc2[N+](=O)[O-])c(C#N)c1C. The van der Waals surface area contributed by atoms with E-state index in [2.05, 4.69) is 10.1 Å². The highest BCUT2D eigenvalue weighted by atomic mass is 32.1. The van der Waals surface area contributed by atoms with Gasteiger partial charge in [-0.2, -0.15) is 5.26 Å². The second-order valence-corrected chi connectivity index (χ2v) is 6.05. The van der Waals surface area contributed by atoms with Gasteiger partial charge >= 0.3 is 5.97 Å². The number of methoxy groups -OCH3 is 1. The van der Waals surface area contributed by atoms with E-state index in [0.717, 1.165) is 30.6 Å². The fraction of sp³-hybridized carbons (Fsp3) is 0.133. The molecule has 0 aliphatic rings. The Hall–Kier alpha value is -3.85. The average Bonchev–Trinajstić information content (AvgIpc) is 2.95. The molecule has 138 valence electrons. The first-order chi connectivity index (χ1) is 12.7. The number of nitro groups is 2. The van der Waals surface area contributed by atoms with Crippen LogP contribution in [0.5, 0.6) is 0 Å². The highest BCUT2D eigenvalue weighted by molar-refractivity contribution is 7.18. The molecule has 1 aromatic heterocycles. The molecule has 0 aliphatic carbocycles. The van der Waals surface area contributed by atoms with Gasteiger partial charge in [-0.05, 0) is 18.6 Å². The first-order valence-electron chi connectivity index (χ1n) is 7.07. The Balaban J connectivity index is 2.47. The fourth-order valence-corrected chi connectivity index (χ4v) is 3.24. The summed E-state index contributed by atoms with van der Waals surface area (Å²) in [5.74, 6) is -1.65. The van der Waals surface area contributed by atoms with Crippen LogP contribution in [0.1, 0.15) is 31.2 Å². The largest absolute Gasteiger partial charge is 0.465 e. The number of hydrogen-bond acceptors (Lipinski definition) is 9. The molecule has 0 radical (unpaired) electrons. The lowest BCUT2D eigenvalue weighted by Crippen LogP contribution is -2.14. The van der Waals surface area contributed by atoms with E-state index < -0.39 is 38.7 Å². The van der Waals surface area contributed by atoms with Gasteiger partial charge in [0.25, 0.3) is 17.3 Å². The smallest absolute Gasteiger partial charge is 0.348 e. The Kier molecular flexibility index (Phi) is 5.47. The third kappa shape index (κ3) is 3.72. The quantitative estimate of drug-likeness (QED) is 0.462. The van der Waals surface area contributed by atoms with Crippen molar-refractivity contribution in [3.05, 3.63) is 60.0 Å². The van der Waals surface area contributed by atoms with E-state index in [1.54, 1.807) is 0 Å². The van der Waals surface area contributed by atoms with E-state index in [1.807, 2.05) is 6.07 Å². The summed E-state index contributed by atoms with van der Waals surface area (Å²) in [5, 5.41) is 33.5. The van der Waals surface area contributed by atoms with E-state index in [0.29, 0.717) is 11.6 Å². The number of rotatable bonds is 5. The van der Waals surface area contributed by atoms with Crippen LogP contribution in [0.3, 0.4) is 0 Å². The molecule has 1 amide bonds. The molecule has 1 N–H and O–H groups in total. The zero-order valence-corrected chi connectivity index (χ0v) is 14.7. The van der Waals surface area contributed by atoms with E-state index >= 15 is 0 Å². The van der Waals surface area contributed by atoms with E-state index in [4.69, 9.17) is 0 Å². The van der Waals surface area contributed by atoms with Crippen molar-refractivity contribution in [3.63, 3.8) is 0 Å². The van der Waals surface area contributed by atoms with Gasteiger partial charge < -0.3 is 10.1 Å². The number of ether oxygens (including phenoxy) is 1. The Bertz CT molecular complexity index is 1020. The van der Waals surface area contributed by atoms with Crippen LogP contribution in [0, 0.1) is 38.5 Å². The van der Waals surface area contributed by atoms with Gasteiger partial charge in [0.2, 0.25) is 0 Å². The summed E-state index contributed by atoms with van der Waals surface area (Å²) < 4.78 is 4.60. The summed E-state index contributed by atoms with van der Waals surface area (Å²) in [7, 11) is 1.16. The van der Waals surface area contributed by atoms with Gasteiger partial charge in [0.1, 0.15) is 21.5 Å². The molecular formula is C15H10N4O7S. The van der Waals surface area contributed by atoms with Crippen molar-refractivity contribution < 1.29 is 24.2 Å². The maximum Gasteiger partial charge on any atom is 0.348 e. The standard InChI is InChI=1S/C15H10N4O7S/c1-7-10(6-16)14(27-12(7)15(21)26-2)17-13(20)9-4-3-8(18(22)23)5-11(9)19(24)25/h3-5H,1-2H3,(H,17,20). The molecule has 27 heavy (non-hydrogen) atoms. The second kappa shape index (κ2) is 7.58. The lowest BCUT2D eigenvalue weighted by atomic mass is 10.1. The van der Waals surface area contributed by atoms with Crippen LogP contribution in [0.25, 0.3) is 0 Å². The molecule has 2 rings (SSSR count). The molecule has 0 saturated heterocycles. The molecule has 1 heterocycles. The Morgan fingerprint density at radius 3 is 2.44 bits per heavy atom. The predicted molar refractivity (Wildman–Crippen MR) is 92.8 cm³/mol. The molecule has 0 aliphatic heterocycles. The summed E-state index contributed by atoms with van der Waals surface area (Å²) in [6, 6.07) is 4.41. The molecule has 12 heteroatoms.